The maximum Gasteiger partial charge on any atom is 0.336 e. The van der Waals surface area contributed by atoms with Gasteiger partial charge in [-0.15, -0.1) is 0 Å². The van der Waals surface area contributed by atoms with Crippen LogP contribution in [0.1, 0.15) is 37.1 Å². The summed E-state index contributed by atoms with van der Waals surface area (Å²) in [4.78, 5) is 48.3. The van der Waals surface area contributed by atoms with Gasteiger partial charge in [0, 0.05) is 31.6 Å². The van der Waals surface area contributed by atoms with Gasteiger partial charge in [0.25, 0.3) is 5.69 Å². The van der Waals surface area contributed by atoms with Gasteiger partial charge in [-0.2, -0.15) is 0 Å². The molecule has 14 nitrogen and oxygen atoms in total. The van der Waals surface area contributed by atoms with Gasteiger partial charge in [-0.3, -0.25) is 19.7 Å². The van der Waals surface area contributed by atoms with Crippen molar-refractivity contribution in [1.29, 1.82) is 0 Å². The number of phenolic OH excluding ortho intramolecular Hbond substituents is 1. The van der Waals surface area contributed by atoms with E-state index in [1.54, 1.807) is 30.3 Å². The summed E-state index contributed by atoms with van der Waals surface area (Å²) in [5.41, 5.74) is -0.0617. The molecule has 1 aromatic heterocycles. The number of hydrogen-bond donors (Lipinski definition) is 5. The van der Waals surface area contributed by atoms with Crippen LogP contribution in [-0.4, -0.2) is 88.1 Å². The molecule has 0 radical (unpaired) electrons. The predicted octanol–water partition coefficient (Wildman–Crippen LogP) is 2.09. The monoisotopic (exact) mass is 558 g/mol. The molecule has 1 fully saturated rings. The average Bonchev–Trinajstić information content (AvgIpc) is 3.50. The van der Waals surface area contributed by atoms with Crippen molar-refractivity contribution in [2.24, 2.45) is 0 Å². The van der Waals surface area contributed by atoms with Crippen LogP contribution in [0, 0.1) is 10.1 Å². The molecule has 3 aromatic rings. The Balaban J connectivity index is 0.000000289. The summed E-state index contributed by atoms with van der Waals surface area (Å²) in [5, 5.41) is 54.4. The molecule has 0 aliphatic carbocycles. The SMILES string of the molecule is O=C(O)CC(O)(CC(=O)O)C(=O)O.O=[N+]([O-])c1ccc2c(c1)nc(Cc1ccc(O)cc1)n2CCN1CCCC1. The van der Waals surface area contributed by atoms with Crippen molar-refractivity contribution in [1.82, 2.24) is 14.5 Å². The summed E-state index contributed by atoms with van der Waals surface area (Å²) in [7, 11) is 0. The van der Waals surface area contributed by atoms with Crippen LogP contribution < -0.4 is 0 Å². The number of fused-ring (bicyclic) bond motifs is 1. The van der Waals surface area contributed by atoms with Crippen LogP contribution >= 0.6 is 0 Å². The molecule has 40 heavy (non-hydrogen) atoms. The van der Waals surface area contributed by atoms with E-state index in [1.807, 2.05) is 12.1 Å². The van der Waals surface area contributed by atoms with E-state index in [4.69, 9.17) is 25.4 Å². The number of rotatable bonds is 11. The summed E-state index contributed by atoms with van der Waals surface area (Å²) in [6.07, 6.45) is 0.820. The van der Waals surface area contributed by atoms with Gasteiger partial charge < -0.3 is 35.0 Å². The van der Waals surface area contributed by atoms with Crippen LogP contribution in [0.4, 0.5) is 5.69 Å². The molecule has 1 aliphatic heterocycles. The zero-order valence-corrected chi connectivity index (χ0v) is 21.5. The molecule has 0 amide bonds. The largest absolute Gasteiger partial charge is 0.508 e. The Morgan fingerprint density at radius 2 is 1.55 bits per heavy atom. The summed E-state index contributed by atoms with van der Waals surface area (Å²) in [6, 6.07) is 12.0. The predicted molar refractivity (Wildman–Crippen MR) is 140 cm³/mol. The van der Waals surface area contributed by atoms with Gasteiger partial charge in [-0.1, -0.05) is 12.1 Å². The molecule has 0 atom stereocenters. The van der Waals surface area contributed by atoms with E-state index < -0.39 is 36.4 Å². The number of carbonyl (C=O) groups is 3. The van der Waals surface area contributed by atoms with Crippen molar-refractivity contribution >= 4 is 34.6 Å². The van der Waals surface area contributed by atoms with Crippen LogP contribution in [0.15, 0.2) is 42.5 Å². The summed E-state index contributed by atoms with van der Waals surface area (Å²) < 4.78 is 2.17. The second-order valence-corrected chi connectivity index (χ2v) is 9.48. The van der Waals surface area contributed by atoms with Crippen molar-refractivity contribution in [2.75, 3.05) is 19.6 Å². The fraction of sp³-hybridized carbons (Fsp3) is 0.385. The number of nitro groups is 1. The van der Waals surface area contributed by atoms with E-state index >= 15 is 0 Å². The van der Waals surface area contributed by atoms with Gasteiger partial charge in [-0.05, 0) is 49.7 Å². The Bertz CT molecular complexity index is 1360. The lowest BCUT2D eigenvalue weighted by molar-refractivity contribution is -0.384. The molecule has 1 saturated heterocycles. The lowest BCUT2D eigenvalue weighted by atomic mass is 9.96. The third-order valence-corrected chi connectivity index (χ3v) is 6.44. The minimum absolute atomic E-state index is 0.0582. The number of benzene rings is 2. The Hall–Kier alpha value is -4.56. The standard InChI is InChI=1S/C20H22N4O3.C6H8O7/c25-17-6-3-15(4-7-17)13-20-21-18-14-16(24(26)27)5-8-19(18)23(20)12-11-22-9-1-2-10-22;7-3(8)1-6(13,5(11)12)2-4(9)10/h3-8,14,25H,1-2,9-13H2;13H,1-2H2,(H,7,8)(H,9,10)(H,11,12). The number of hydrogen-bond acceptors (Lipinski definition) is 9. The minimum atomic E-state index is -2.74. The topological polar surface area (TPSA) is 217 Å². The van der Waals surface area contributed by atoms with Gasteiger partial charge in [0.15, 0.2) is 5.60 Å². The Kier molecular flexibility index (Phi) is 9.74. The highest BCUT2D eigenvalue weighted by Crippen LogP contribution is 2.24. The summed E-state index contributed by atoms with van der Waals surface area (Å²) in [6.45, 7) is 4.02. The first kappa shape index (κ1) is 30.0. The normalized spacial score (nSPS) is 13.5. The van der Waals surface area contributed by atoms with Gasteiger partial charge >= 0.3 is 17.9 Å². The van der Waals surface area contributed by atoms with Crippen molar-refractivity contribution < 1.29 is 44.8 Å². The molecule has 4 rings (SSSR count). The molecule has 5 N–H and O–H groups in total. The molecular formula is C26H30N4O10. The fourth-order valence-electron chi connectivity index (χ4n) is 4.42. The maximum atomic E-state index is 11.1. The number of non-ortho nitro benzene ring substituents is 1. The number of aliphatic hydroxyl groups is 1. The van der Waals surface area contributed by atoms with Gasteiger partial charge in [0.2, 0.25) is 0 Å². The highest BCUT2D eigenvalue weighted by Gasteiger charge is 2.40. The van der Waals surface area contributed by atoms with Crippen molar-refractivity contribution in [3.05, 3.63) is 64.0 Å². The Morgan fingerprint density at radius 1 is 0.950 bits per heavy atom. The quantitative estimate of drug-likeness (QED) is 0.169. The maximum absolute atomic E-state index is 11.1. The molecule has 214 valence electrons. The molecular weight excluding hydrogens is 528 g/mol. The number of phenols is 1. The minimum Gasteiger partial charge on any atom is -0.508 e. The van der Waals surface area contributed by atoms with Gasteiger partial charge in [-0.25, -0.2) is 9.78 Å². The number of nitrogens with zero attached hydrogens (tertiary/aromatic N) is 4. The van der Waals surface area contributed by atoms with Crippen LogP contribution in [0.3, 0.4) is 0 Å². The van der Waals surface area contributed by atoms with Crippen molar-refractivity contribution in [3.63, 3.8) is 0 Å². The van der Waals surface area contributed by atoms with Crippen molar-refractivity contribution in [2.45, 2.75) is 44.2 Å². The zero-order valence-electron chi connectivity index (χ0n) is 21.5. The highest BCUT2D eigenvalue weighted by molar-refractivity contribution is 5.88. The molecule has 1 aliphatic rings. The number of likely N-dealkylation sites (tertiary alicyclic amines) is 1. The molecule has 14 heteroatoms. The summed E-state index contributed by atoms with van der Waals surface area (Å²) in [5.74, 6) is -3.90. The molecule has 2 heterocycles. The van der Waals surface area contributed by atoms with E-state index in [-0.39, 0.29) is 16.4 Å². The number of aromatic nitrogens is 2. The van der Waals surface area contributed by atoms with Gasteiger partial charge in [0.1, 0.15) is 11.6 Å². The Labute approximate surface area is 227 Å². The van der Waals surface area contributed by atoms with Crippen LogP contribution in [0.2, 0.25) is 0 Å². The molecule has 0 saturated carbocycles. The first-order valence-electron chi connectivity index (χ1n) is 12.4. The van der Waals surface area contributed by atoms with Gasteiger partial charge in [0.05, 0.1) is 28.8 Å². The van der Waals surface area contributed by atoms with E-state index in [2.05, 4.69) is 9.47 Å². The highest BCUT2D eigenvalue weighted by atomic mass is 16.6. The van der Waals surface area contributed by atoms with E-state index in [0.717, 1.165) is 43.1 Å². The Morgan fingerprint density at radius 3 is 2.08 bits per heavy atom. The van der Waals surface area contributed by atoms with Crippen molar-refractivity contribution in [3.8, 4) is 5.75 Å². The first-order valence-corrected chi connectivity index (χ1v) is 12.4. The van der Waals surface area contributed by atoms with E-state index in [1.165, 1.54) is 12.8 Å². The fourth-order valence-corrected chi connectivity index (χ4v) is 4.42. The third kappa shape index (κ3) is 7.97. The molecule has 0 unspecified atom stereocenters. The van der Waals surface area contributed by atoms with E-state index in [9.17, 15) is 29.6 Å². The molecule has 2 aromatic carbocycles. The molecule has 0 spiro atoms. The second kappa shape index (κ2) is 13.0. The number of carboxylic acid groups (broad SMARTS) is 3. The molecule has 0 bridgehead atoms. The number of nitro benzene ring substituents is 1. The van der Waals surface area contributed by atoms with Crippen LogP contribution in [-0.2, 0) is 27.3 Å². The number of aliphatic carboxylic acids is 3. The number of aromatic hydroxyl groups is 1. The average molecular weight is 559 g/mol. The lowest BCUT2D eigenvalue weighted by Crippen LogP contribution is -2.42. The lowest BCUT2D eigenvalue weighted by Gasteiger charge is -2.18. The summed E-state index contributed by atoms with van der Waals surface area (Å²) >= 11 is 0. The first-order chi connectivity index (χ1) is 18.9. The smallest absolute Gasteiger partial charge is 0.336 e. The van der Waals surface area contributed by atoms with E-state index in [0.29, 0.717) is 11.9 Å². The zero-order chi connectivity index (χ0) is 29.4. The van der Waals surface area contributed by atoms with Crippen LogP contribution in [0.5, 0.6) is 5.75 Å². The number of imidazole rings is 1. The number of carboxylic acids is 3. The van der Waals surface area contributed by atoms with Crippen LogP contribution in [0.25, 0.3) is 11.0 Å². The second-order valence-electron chi connectivity index (χ2n) is 9.48. The third-order valence-electron chi connectivity index (χ3n) is 6.44.